The van der Waals surface area contributed by atoms with Crippen LogP contribution in [0.2, 0.25) is 0 Å². The van der Waals surface area contributed by atoms with Crippen LogP contribution in [0.3, 0.4) is 0 Å². The highest BCUT2D eigenvalue weighted by Gasteiger charge is 2.22. The Morgan fingerprint density at radius 2 is 1.94 bits per heavy atom. The van der Waals surface area contributed by atoms with Crippen molar-refractivity contribution in [3.05, 3.63) is 75.8 Å². The van der Waals surface area contributed by atoms with Crippen molar-refractivity contribution in [2.24, 2.45) is 0 Å². The number of ether oxygens (including phenoxy) is 1. The second-order valence-corrected chi connectivity index (χ2v) is 10.6. The van der Waals surface area contributed by atoms with Gasteiger partial charge in [-0.1, -0.05) is 30.3 Å². The van der Waals surface area contributed by atoms with Gasteiger partial charge in [0.05, 0.1) is 15.8 Å². The van der Waals surface area contributed by atoms with E-state index in [0.717, 1.165) is 31.5 Å². The summed E-state index contributed by atoms with van der Waals surface area (Å²) in [5, 5.41) is 6.80. The number of nitrogens with one attached hydrogen (secondary N) is 3. The molecule has 0 bridgehead atoms. The largest absolute Gasteiger partial charge is 0.444 e. The fourth-order valence-electron chi connectivity index (χ4n) is 3.49. The monoisotopic (exact) mass is 540 g/mol. The molecular formula is C25H25BrN4O3S. The van der Waals surface area contributed by atoms with Gasteiger partial charge in [-0.25, -0.2) is 9.78 Å². The average Bonchev–Trinajstić information content (AvgIpc) is 3.42. The molecule has 4 aromatic rings. The van der Waals surface area contributed by atoms with E-state index in [0.29, 0.717) is 4.88 Å². The van der Waals surface area contributed by atoms with Crippen LogP contribution >= 0.6 is 27.3 Å². The van der Waals surface area contributed by atoms with E-state index in [1.165, 1.54) is 11.3 Å². The van der Waals surface area contributed by atoms with Crippen molar-refractivity contribution in [2.75, 3.05) is 6.54 Å². The van der Waals surface area contributed by atoms with E-state index in [4.69, 9.17) is 4.74 Å². The molecule has 3 heterocycles. The molecule has 9 heteroatoms. The van der Waals surface area contributed by atoms with Gasteiger partial charge in [-0.15, -0.1) is 11.3 Å². The molecule has 176 valence electrons. The Morgan fingerprint density at radius 1 is 1.18 bits per heavy atom. The topological polar surface area (TPSA) is 96.1 Å². The first-order chi connectivity index (χ1) is 16.2. The number of benzene rings is 1. The molecule has 0 spiro atoms. The molecule has 7 nitrogen and oxygen atoms in total. The number of rotatable bonds is 6. The van der Waals surface area contributed by atoms with Crippen LogP contribution in [0, 0.1) is 0 Å². The number of nitrogens with zero attached hydrogens (tertiary/aromatic N) is 1. The van der Waals surface area contributed by atoms with Gasteiger partial charge in [0.15, 0.2) is 0 Å². The molecule has 3 aromatic heterocycles. The predicted molar refractivity (Wildman–Crippen MR) is 138 cm³/mol. The Labute approximate surface area is 210 Å². The van der Waals surface area contributed by atoms with E-state index < -0.39 is 17.7 Å². The van der Waals surface area contributed by atoms with Gasteiger partial charge in [0, 0.05) is 34.4 Å². The van der Waals surface area contributed by atoms with Crippen molar-refractivity contribution >= 4 is 50.3 Å². The quantitative estimate of drug-likeness (QED) is 0.277. The molecule has 4 rings (SSSR count). The van der Waals surface area contributed by atoms with Gasteiger partial charge in [-0.05, 0) is 60.5 Å². The third kappa shape index (κ3) is 5.66. The number of halogens is 1. The zero-order valence-corrected chi connectivity index (χ0v) is 21.4. The van der Waals surface area contributed by atoms with Crippen LogP contribution in [0.4, 0.5) is 4.79 Å². The van der Waals surface area contributed by atoms with Gasteiger partial charge in [0.1, 0.15) is 11.2 Å². The summed E-state index contributed by atoms with van der Waals surface area (Å²) >= 11 is 5.01. The van der Waals surface area contributed by atoms with Crippen molar-refractivity contribution in [1.29, 1.82) is 0 Å². The summed E-state index contributed by atoms with van der Waals surface area (Å²) < 4.78 is 6.17. The summed E-state index contributed by atoms with van der Waals surface area (Å²) in [7, 11) is 0. The number of H-pyrrole nitrogens is 1. The Morgan fingerprint density at radius 3 is 2.68 bits per heavy atom. The maximum atomic E-state index is 13.2. The first-order valence-corrected chi connectivity index (χ1v) is 12.4. The maximum absolute atomic E-state index is 13.2. The smallest absolute Gasteiger partial charge is 0.407 e. The first-order valence-electron chi connectivity index (χ1n) is 10.8. The SMILES string of the molecule is CC(C)(C)OC(=O)NCC(NC(=O)c1cc(Br)c(-c2ccnc3[nH]ccc23)s1)c1ccccc1. The molecule has 1 unspecified atom stereocenters. The lowest BCUT2D eigenvalue weighted by Crippen LogP contribution is -2.40. The number of thiophene rings is 1. The normalized spacial score (nSPS) is 12.4. The predicted octanol–water partition coefficient (Wildman–Crippen LogP) is 6.05. The van der Waals surface area contributed by atoms with Gasteiger partial charge in [0.25, 0.3) is 5.91 Å². The minimum atomic E-state index is -0.604. The molecule has 2 amide bonds. The van der Waals surface area contributed by atoms with Gasteiger partial charge in [-0.2, -0.15) is 0 Å². The van der Waals surface area contributed by atoms with E-state index in [-0.39, 0.29) is 12.5 Å². The lowest BCUT2D eigenvalue weighted by atomic mass is 10.1. The summed E-state index contributed by atoms with van der Waals surface area (Å²) in [6, 6.07) is 14.8. The number of hydrogen-bond acceptors (Lipinski definition) is 5. The zero-order valence-electron chi connectivity index (χ0n) is 19.0. The standard InChI is InChI=1S/C25H25BrN4O3S/c1-25(2,3)33-24(32)29-14-19(15-7-5-4-6-8-15)30-23(31)20-13-18(26)21(34-20)16-9-11-27-22-17(16)10-12-28-22/h4-13,19H,14H2,1-3H3,(H,27,28)(H,29,32)(H,30,31). The molecule has 0 aliphatic rings. The van der Waals surface area contributed by atoms with Crippen LogP contribution in [0.1, 0.15) is 42.0 Å². The van der Waals surface area contributed by atoms with Crippen molar-refractivity contribution in [3.63, 3.8) is 0 Å². The third-order valence-corrected chi connectivity index (χ3v) is 7.03. The van der Waals surface area contributed by atoms with Crippen LogP contribution in [-0.2, 0) is 4.74 Å². The number of aromatic amines is 1. The number of fused-ring (bicyclic) bond motifs is 1. The highest BCUT2D eigenvalue weighted by atomic mass is 79.9. The second kappa shape index (κ2) is 9.99. The Kier molecular flexibility index (Phi) is 7.04. The van der Waals surface area contributed by atoms with Crippen molar-refractivity contribution in [1.82, 2.24) is 20.6 Å². The maximum Gasteiger partial charge on any atom is 0.407 e. The molecule has 0 saturated heterocycles. The number of hydrogen-bond donors (Lipinski definition) is 3. The minimum absolute atomic E-state index is 0.193. The molecule has 1 atom stereocenters. The lowest BCUT2D eigenvalue weighted by Gasteiger charge is -2.23. The zero-order chi connectivity index (χ0) is 24.3. The number of carbonyl (C=O) groups is 2. The fraction of sp³-hybridized carbons (Fsp3) is 0.240. The van der Waals surface area contributed by atoms with Crippen molar-refractivity contribution in [2.45, 2.75) is 32.4 Å². The Hall–Kier alpha value is -3.17. The van der Waals surface area contributed by atoms with Crippen LogP contribution in [0.25, 0.3) is 21.5 Å². The summed E-state index contributed by atoms with van der Waals surface area (Å²) in [5.74, 6) is -0.226. The molecule has 0 aliphatic carbocycles. The molecule has 0 fully saturated rings. The first kappa shape index (κ1) is 24.0. The molecule has 1 aromatic carbocycles. The van der Waals surface area contributed by atoms with E-state index in [1.807, 2.05) is 54.7 Å². The molecule has 3 N–H and O–H groups in total. The van der Waals surface area contributed by atoms with Crippen LogP contribution in [-0.4, -0.2) is 34.1 Å². The number of carbonyl (C=O) groups excluding carboxylic acids is 2. The van der Waals surface area contributed by atoms with E-state index in [2.05, 4.69) is 36.5 Å². The number of aromatic nitrogens is 2. The summed E-state index contributed by atoms with van der Waals surface area (Å²) in [5.41, 5.74) is 2.06. The van der Waals surface area contributed by atoms with Crippen molar-refractivity contribution in [3.8, 4) is 10.4 Å². The van der Waals surface area contributed by atoms with E-state index >= 15 is 0 Å². The highest BCUT2D eigenvalue weighted by Crippen LogP contribution is 2.39. The third-order valence-electron chi connectivity index (χ3n) is 4.97. The van der Waals surface area contributed by atoms with Crippen LogP contribution in [0.5, 0.6) is 0 Å². The van der Waals surface area contributed by atoms with Crippen LogP contribution < -0.4 is 10.6 Å². The second-order valence-electron chi connectivity index (χ2n) is 8.71. The molecule has 34 heavy (non-hydrogen) atoms. The van der Waals surface area contributed by atoms with Gasteiger partial charge < -0.3 is 20.4 Å². The minimum Gasteiger partial charge on any atom is -0.444 e. The molecule has 0 saturated carbocycles. The summed E-state index contributed by atoms with van der Waals surface area (Å²) in [6.45, 7) is 5.61. The molecule has 0 radical (unpaired) electrons. The van der Waals surface area contributed by atoms with Crippen LogP contribution in [0.15, 0.2) is 65.4 Å². The van der Waals surface area contributed by atoms with Gasteiger partial charge >= 0.3 is 6.09 Å². The summed E-state index contributed by atoms with van der Waals surface area (Å²) in [4.78, 5) is 34.4. The fourth-order valence-corrected chi connectivity index (χ4v) is 5.32. The lowest BCUT2D eigenvalue weighted by molar-refractivity contribution is 0.0520. The van der Waals surface area contributed by atoms with Gasteiger partial charge in [-0.3, -0.25) is 4.79 Å². The number of amides is 2. The number of alkyl carbamates (subject to hydrolysis) is 1. The molecule has 0 aliphatic heterocycles. The number of pyridine rings is 1. The highest BCUT2D eigenvalue weighted by molar-refractivity contribution is 9.10. The average molecular weight is 541 g/mol. The molecular weight excluding hydrogens is 516 g/mol. The van der Waals surface area contributed by atoms with E-state index in [1.54, 1.807) is 27.0 Å². The van der Waals surface area contributed by atoms with Crippen molar-refractivity contribution < 1.29 is 14.3 Å². The summed E-state index contributed by atoms with van der Waals surface area (Å²) in [6.07, 6.45) is 3.06. The van der Waals surface area contributed by atoms with E-state index in [9.17, 15) is 9.59 Å². The Balaban J connectivity index is 1.54. The Bertz CT molecular complexity index is 1310. The van der Waals surface area contributed by atoms with Gasteiger partial charge in [0.2, 0.25) is 0 Å².